The largest absolute Gasteiger partial charge is 0.477 e. The molecule has 7 atom stereocenters. The van der Waals surface area contributed by atoms with E-state index in [1.807, 2.05) is 13.8 Å². The smallest absolute Gasteiger partial charge is 0.353 e. The van der Waals surface area contributed by atoms with E-state index in [2.05, 4.69) is 16.0 Å². The first kappa shape index (κ1) is 24.4. The molecule has 3 amide bonds. The molecule has 0 aromatic heterocycles. The van der Waals surface area contributed by atoms with Crippen molar-refractivity contribution in [1.29, 1.82) is 0 Å². The minimum absolute atomic E-state index is 0.00351. The molecule has 0 aromatic rings. The molecule has 0 aromatic carbocycles. The fourth-order valence-electron chi connectivity index (χ4n) is 5.15. The number of carbonyl (C=O) groups excluding carboxylic acids is 3. The fraction of sp³-hybridized carbons (Fsp3) is 0.714. The maximum absolute atomic E-state index is 13.0. The van der Waals surface area contributed by atoms with Crippen LogP contribution < -0.4 is 16.0 Å². The van der Waals surface area contributed by atoms with Crippen LogP contribution in [0.15, 0.2) is 10.6 Å². The minimum atomic E-state index is -1.12. The van der Waals surface area contributed by atoms with Crippen molar-refractivity contribution in [1.82, 2.24) is 25.8 Å². The van der Waals surface area contributed by atoms with Gasteiger partial charge in [0.1, 0.15) is 5.70 Å². The van der Waals surface area contributed by atoms with Gasteiger partial charge in [-0.2, -0.15) is 0 Å². The monoisotopic (exact) mass is 497 g/mol. The van der Waals surface area contributed by atoms with E-state index in [9.17, 15) is 24.3 Å². The average molecular weight is 498 g/mol. The Morgan fingerprint density at radius 1 is 1.27 bits per heavy atom. The molecule has 0 bridgehead atoms. The number of amides is 3. The van der Waals surface area contributed by atoms with Crippen LogP contribution in [0.25, 0.3) is 0 Å². The van der Waals surface area contributed by atoms with Gasteiger partial charge in [0.2, 0.25) is 17.7 Å². The van der Waals surface area contributed by atoms with Crippen molar-refractivity contribution in [2.24, 2.45) is 11.8 Å². The van der Waals surface area contributed by atoms with E-state index < -0.39 is 17.9 Å². The summed E-state index contributed by atoms with van der Waals surface area (Å²) < 4.78 is 0. The predicted octanol–water partition coefficient (Wildman–Crippen LogP) is -0.522. The van der Waals surface area contributed by atoms with Crippen molar-refractivity contribution in [3.63, 3.8) is 0 Å². The Morgan fingerprint density at radius 3 is 2.61 bits per heavy atom. The summed E-state index contributed by atoms with van der Waals surface area (Å²) >= 11 is 3.11. The zero-order chi connectivity index (χ0) is 24.0. The Balaban J connectivity index is 1.45. The van der Waals surface area contributed by atoms with E-state index in [4.69, 9.17) is 0 Å². The molecule has 0 aliphatic carbocycles. The van der Waals surface area contributed by atoms with E-state index in [1.54, 1.807) is 30.8 Å². The van der Waals surface area contributed by atoms with Crippen molar-refractivity contribution in [3.8, 4) is 0 Å². The van der Waals surface area contributed by atoms with Gasteiger partial charge in [-0.1, -0.05) is 6.92 Å². The van der Waals surface area contributed by atoms with Gasteiger partial charge in [-0.3, -0.25) is 19.7 Å². The van der Waals surface area contributed by atoms with Crippen LogP contribution >= 0.6 is 23.5 Å². The summed E-state index contributed by atoms with van der Waals surface area (Å²) in [5.74, 6) is -0.696. The topological polar surface area (TPSA) is 131 Å². The highest BCUT2D eigenvalue weighted by atomic mass is 32.2. The van der Waals surface area contributed by atoms with Crippen LogP contribution in [0.4, 0.5) is 0 Å². The fourth-order valence-corrected chi connectivity index (χ4v) is 7.57. The second-order valence-corrected chi connectivity index (χ2v) is 11.6. The van der Waals surface area contributed by atoms with Crippen LogP contribution in [0.2, 0.25) is 0 Å². The second-order valence-electron chi connectivity index (χ2n) is 9.27. The summed E-state index contributed by atoms with van der Waals surface area (Å²) in [7, 11) is 3.43. The third-order valence-electron chi connectivity index (χ3n) is 6.86. The number of thioether (sulfide) groups is 2. The number of hydrogen-bond acceptors (Lipinski definition) is 8. The molecule has 4 heterocycles. The highest BCUT2D eigenvalue weighted by Crippen LogP contribution is 2.51. The summed E-state index contributed by atoms with van der Waals surface area (Å²) in [6.45, 7) is 4.36. The van der Waals surface area contributed by atoms with Crippen LogP contribution in [-0.4, -0.2) is 100 Å². The van der Waals surface area contributed by atoms with Crippen LogP contribution in [-0.2, 0) is 19.2 Å². The molecular weight excluding hydrogens is 466 g/mol. The van der Waals surface area contributed by atoms with Crippen LogP contribution in [0.5, 0.6) is 0 Å². The lowest BCUT2D eigenvalue weighted by Gasteiger charge is -2.47. The van der Waals surface area contributed by atoms with Crippen molar-refractivity contribution in [2.75, 3.05) is 32.3 Å². The number of β-lactam (4-membered cyclic amide) rings is 1. The number of hydrogen-bond donors (Lipinski definition) is 4. The molecule has 12 heteroatoms. The second kappa shape index (κ2) is 9.47. The van der Waals surface area contributed by atoms with Gasteiger partial charge in [0.25, 0.3) is 0 Å². The number of nitrogens with zero attached hydrogens (tertiary/aromatic N) is 2. The molecule has 4 aliphatic heterocycles. The Bertz CT molecular complexity index is 890. The van der Waals surface area contributed by atoms with E-state index in [-0.39, 0.29) is 52.7 Å². The van der Waals surface area contributed by atoms with Crippen LogP contribution in [0, 0.1) is 11.8 Å². The molecular formula is C21H31N5O5S2. The number of rotatable bonds is 7. The van der Waals surface area contributed by atoms with Gasteiger partial charge in [0.15, 0.2) is 0 Å². The Labute approximate surface area is 201 Å². The molecule has 0 unspecified atom stereocenters. The average Bonchev–Trinajstić information content (AvgIpc) is 3.48. The summed E-state index contributed by atoms with van der Waals surface area (Å²) in [6, 6.07) is -1.24. The Kier molecular flexibility index (Phi) is 7.00. The van der Waals surface area contributed by atoms with Gasteiger partial charge in [-0.05, 0) is 13.3 Å². The molecule has 33 heavy (non-hydrogen) atoms. The van der Waals surface area contributed by atoms with Gasteiger partial charge in [-0.15, -0.1) is 23.5 Å². The number of likely N-dealkylation sites (N-methyl/N-ethyl adjacent to an activating group) is 1. The third-order valence-corrected chi connectivity index (χ3v) is 9.31. The van der Waals surface area contributed by atoms with Crippen molar-refractivity contribution in [3.05, 3.63) is 10.6 Å². The minimum Gasteiger partial charge on any atom is -0.477 e. The molecule has 0 radical (unpaired) electrons. The number of fused-ring (bicyclic) bond motifs is 1. The molecule has 3 saturated heterocycles. The highest BCUT2D eigenvalue weighted by Gasteiger charge is 2.60. The third kappa shape index (κ3) is 4.38. The SMILES string of the molecule is C[C@@H](NC(=O)[C@@H]1CSCN1)[C@H]1C(=O)N2C(C(=O)O)=C(S[C@@H]3CN[C@H](C(=O)N(C)C)C3)[C@H](C)[C@H]12. The lowest BCUT2D eigenvalue weighted by atomic mass is 9.78. The zero-order valence-corrected chi connectivity index (χ0v) is 20.8. The number of carboxylic acid groups (broad SMARTS) is 1. The van der Waals surface area contributed by atoms with Gasteiger partial charge in [0.05, 0.1) is 24.0 Å². The van der Waals surface area contributed by atoms with E-state index in [1.165, 1.54) is 16.7 Å². The number of carbonyl (C=O) groups is 4. The predicted molar refractivity (Wildman–Crippen MR) is 126 cm³/mol. The quantitative estimate of drug-likeness (QED) is 0.343. The number of carboxylic acids is 1. The maximum atomic E-state index is 13.0. The molecule has 0 saturated carbocycles. The first-order chi connectivity index (χ1) is 15.6. The molecule has 10 nitrogen and oxygen atoms in total. The molecule has 4 aliphatic rings. The summed E-state index contributed by atoms with van der Waals surface area (Å²) in [5.41, 5.74) is 0.0496. The first-order valence-corrected chi connectivity index (χ1v) is 13.2. The summed E-state index contributed by atoms with van der Waals surface area (Å²) in [4.78, 5) is 53.6. The van der Waals surface area contributed by atoms with Gasteiger partial charge in [0, 0.05) is 54.4 Å². The molecule has 3 fully saturated rings. The molecule has 4 rings (SSSR count). The van der Waals surface area contributed by atoms with Gasteiger partial charge < -0.3 is 25.5 Å². The van der Waals surface area contributed by atoms with E-state index in [0.29, 0.717) is 23.6 Å². The highest BCUT2D eigenvalue weighted by molar-refractivity contribution is 8.03. The van der Waals surface area contributed by atoms with Crippen LogP contribution in [0.3, 0.4) is 0 Å². The van der Waals surface area contributed by atoms with Crippen molar-refractivity contribution in [2.45, 2.75) is 49.7 Å². The molecule has 4 N–H and O–H groups in total. The normalized spacial score (nSPS) is 34.2. The standard InChI is InChI=1S/C21H31N5O5S2/c1-9-15-14(10(2)24-18(27)13-7-32-8-23-13)20(29)26(15)16(21(30)31)17(9)33-11-5-12(22-6-11)19(28)25(3)4/h9-15,22-23H,5-8H2,1-4H3,(H,24,27)(H,30,31)/t9-,10-,11+,12+,13+,14-,15-/m1/s1. The lowest BCUT2D eigenvalue weighted by molar-refractivity contribution is -0.158. The Morgan fingerprint density at radius 2 is 2.00 bits per heavy atom. The van der Waals surface area contributed by atoms with Gasteiger partial charge in [-0.25, -0.2) is 4.79 Å². The van der Waals surface area contributed by atoms with Crippen LogP contribution in [0.1, 0.15) is 20.3 Å². The van der Waals surface area contributed by atoms with E-state index in [0.717, 1.165) is 5.88 Å². The maximum Gasteiger partial charge on any atom is 0.353 e. The van der Waals surface area contributed by atoms with Gasteiger partial charge >= 0.3 is 5.97 Å². The lowest BCUT2D eigenvalue weighted by Crippen LogP contribution is -2.66. The Hall–Kier alpha value is -1.76. The number of aliphatic carboxylic acids is 1. The number of nitrogens with one attached hydrogen (secondary N) is 3. The molecule has 0 spiro atoms. The summed E-state index contributed by atoms with van der Waals surface area (Å²) in [6.07, 6.45) is 0.603. The zero-order valence-electron chi connectivity index (χ0n) is 19.2. The van der Waals surface area contributed by atoms with Crippen molar-refractivity contribution < 1.29 is 24.3 Å². The van der Waals surface area contributed by atoms with E-state index >= 15 is 0 Å². The first-order valence-electron chi connectivity index (χ1n) is 11.1. The summed E-state index contributed by atoms with van der Waals surface area (Å²) in [5, 5.41) is 19.3. The molecule has 182 valence electrons. The van der Waals surface area contributed by atoms with Crippen molar-refractivity contribution >= 4 is 47.2 Å².